The standard InChI is InChI=1S/C24H32O/c1-16-18(21(2,3)17-12-10-9-11-13-17)14-15-19-20(16)22(4,5)23(6,7)24(19,8)25/h9-15,25H,1-8H3. The Kier molecular flexibility index (Phi) is 3.79. The molecular formula is C24H32O. The Balaban J connectivity index is 2.28. The molecule has 2 aromatic rings. The van der Waals surface area contributed by atoms with Crippen LogP contribution in [-0.4, -0.2) is 5.11 Å². The van der Waals surface area contributed by atoms with E-state index in [-0.39, 0.29) is 16.2 Å². The first kappa shape index (κ1) is 18.2. The quantitative estimate of drug-likeness (QED) is 0.730. The topological polar surface area (TPSA) is 20.2 Å². The van der Waals surface area contributed by atoms with E-state index < -0.39 is 5.60 Å². The van der Waals surface area contributed by atoms with E-state index in [0.717, 1.165) is 5.56 Å². The van der Waals surface area contributed by atoms with Gasteiger partial charge in [-0.15, -0.1) is 0 Å². The molecule has 0 saturated carbocycles. The SMILES string of the molecule is Cc1c(C(C)(C)c2ccccc2)ccc2c1C(C)(C)C(C)(C)C2(C)O. The molecule has 0 radical (unpaired) electrons. The summed E-state index contributed by atoms with van der Waals surface area (Å²) in [5.41, 5.74) is 5.17. The van der Waals surface area contributed by atoms with Crippen molar-refractivity contribution >= 4 is 0 Å². The molecule has 1 aliphatic rings. The molecule has 0 saturated heterocycles. The highest BCUT2D eigenvalue weighted by molar-refractivity contribution is 5.56. The van der Waals surface area contributed by atoms with Crippen molar-refractivity contribution < 1.29 is 5.11 Å². The fourth-order valence-corrected chi connectivity index (χ4v) is 4.87. The minimum Gasteiger partial charge on any atom is -0.385 e. The van der Waals surface area contributed by atoms with E-state index in [1.807, 2.05) is 6.92 Å². The zero-order valence-corrected chi connectivity index (χ0v) is 17.0. The van der Waals surface area contributed by atoms with Crippen molar-refractivity contribution in [2.75, 3.05) is 0 Å². The molecule has 25 heavy (non-hydrogen) atoms. The van der Waals surface area contributed by atoms with Crippen molar-refractivity contribution in [1.82, 2.24) is 0 Å². The van der Waals surface area contributed by atoms with Crippen molar-refractivity contribution in [2.45, 2.75) is 71.8 Å². The molecule has 134 valence electrons. The van der Waals surface area contributed by atoms with Crippen molar-refractivity contribution in [1.29, 1.82) is 0 Å². The first-order valence-corrected chi connectivity index (χ1v) is 9.29. The van der Waals surface area contributed by atoms with Crippen molar-refractivity contribution in [3.8, 4) is 0 Å². The third kappa shape index (κ3) is 2.18. The Hall–Kier alpha value is -1.60. The molecule has 0 amide bonds. The van der Waals surface area contributed by atoms with Crippen LogP contribution >= 0.6 is 0 Å². The molecule has 0 aliphatic heterocycles. The summed E-state index contributed by atoms with van der Waals surface area (Å²) in [5.74, 6) is 0. The summed E-state index contributed by atoms with van der Waals surface area (Å²) in [5, 5.41) is 11.3. The van der Waals surface area contributed by atoms with Crippen molar-refractivity contribution in [3.63, 3.8) is 0 Å². The van der Waals surface area contributed by atoms with E-state index in [0.29, 0.717) is 0 Å². The lowest BCUT2D eigenvalue weighted by Gasteiger charge is -2.43. The highest BCUT2D eigenvalue weighted by atomic mass is 16.3. The Morgan fingerprint density at radius 2 is 1.40 bits per heavy atom. The average molecular weight is 337 g/mol. The third-order valence-electron chi connectivity index (χ3n) is 7.56. The van der Waals surface area contributed by atoms with Gasteiger partial charge in [0.05, 0.1) is 5.60 Å². The number of benzene rings is 2. The minimum atomic E-state index is -0.827. The summed E-state index contributed by atoms with van der Waals surface area (Å²) in [4.78, 5) is 0. The Morgan fingerprint density at radius 3 is 1.96 bits per heavy atom. The summed E-state index contributed by atoms with van der Waals surface area (Å²) in [6, 6.07) is 15.1. The van der Waals surface area contributed by atoms with E-state index in [9.17, 15) is 5.11 Å². The van der Waals surface area contributed by atoms with Crippen LogP contribution in [0.5, 0.6) is 0 Å². The highest BCUT2D eigenvalue weighted by Crippen LogP contribution is 2.61. The van der Waals surface area contributed by atoms with Crippen LogP contribution in [0, 0.1) is 12.3 Å². The molecular weight excluding hydrogens is 304 g/mol. The van der Waals surface area contributed by atoms with Gasteiger partial charge < -0.3 is 5.11 Å². The number of hydrogen-bond donors (Lipinski definition) is 1. The number of hydrogen-bond acceptors (Lipinski definition) is 1. The first-order valence-electron chi connectivity index (χ1n) is 9.29. The molecule has 0 aromatic heterocycles. The predicted molar refractivity (Wildman–Crippen MR) is 106 cm³/mol. The van der Waals surface area contributed by atoms with E-state index in [1.54, 1.807) is 0 Å². The number of rotatable bonds is 2. The predicted octanol–water partition coefficient (Wildman–Crippen LogP) is 5.85. The van der Waals surface area contributed by atoms with E-state index in [1.165, 1.54) is 22.3 Å². The van der Waals surface area contributed by atoms with E-state index >= 15 is 0 Å². The van der Waals surface area contributed by atoms with Gasteiger partial charge in [-0.1, -0.05) is 84.0 Å². The van der Waals surface area contributed by atoms with Crippen LogP contribution in [-0.2, 0) is 16.4 Å². The van der Waals surface area contributed by atoms with Crippen LogP contribution < -0.4 is 0 Å². The van der Waals surface area contributed by atoms with Crippen molar-refractivity contribution in [3.05, 3.63) is 70.3 Å². The van der Waals surface area contributed by atoms with E-state index in [4.69, 9.17) is 0 Å². The lowest BCUT2D eigenvalue weighted by atomic mass is 9.63. The van der Waals surface area contributed by atoms with Gasteiger partial charge in [-0.25, -0.2) is 0 Å². The molecule has 0 spiro atoms. The summed E-state index contributed by atoms with van der Waals surface area (Å²) >= 11 is 0. The summed E-state index contributed by atoms with van der Waals surface area (Å²) in [6.45, 7) is 17.7. The molecule has 2 aromatic carbocycles. The van der Waals surface area contributed by atoms with Gasteiger partial charge in [-0.2, -0.15) is 0 Å². The maximum Gasteiger partial charge on any atom is 0.0930 e. The number of fused-ring (bicyclic) bond motifs is 1. The van der Waals surface area contributed by atoms with Gasteiger partial charge in [0.15, 0.2) is 0 Å². The molecule has 1 unspecified atom stereocenters. The molecule has 0 bridgehead atoms. The van der Waals surface area contributed by atoms with Crippen molar-refractivity contribution in [2.24, 2.45) is 5.41 Å². The zero-order valence-electron chi connectivity index (χ0n) is 17.0. The van der Waals surface area contributed by atoms with Gasteiger partial charge in [0.1, 0.15) is 0 Å². The molecule has 1 heteroatoms. The summed E-state index contributed by atoms with van der Waals surface area (Å²) in [6.07, 6.45) is 0. The third-order valence-corrected chi connectivity index (χ3v) is 7.56. The Bertz CT molecular complexity index is 807. The molecule has 1 atom stereocenters. The Morgan fingerprint density at radius 1 is 0.840 bits per heavy atom. The van der Waals surface area contributed by atoms with Gasteiger partial charge in [0.25, 0.3) is 0 Å². The van der Waals surface area contributed by atoms with Crippen LogP contribution in [0.25, 0.3) is 0 Å². The van der Waals surface area contributed by atoms with Crippen LogP contribution in [0.4, 0.5) is 0 Å². The molecule has 0 heterocycles. The molecule has 1 aliphatic carbocycles. The fourth-order valence-electron chi connectivity index (χ4n) is 4.87. The normalized spacial score (nSPS) is 24.2. The van der Waals surface area contributed by atoms with Crippen LogP contribution in [0.15, 0.2) is 42.5 Å². The molecule has 1 nitrogen and oxygen atoms in total. The molecule has 3 rings (SSSR count). The summed E-state index contributed by atoms with van der Waals surface area (Å²) < 4.78 is 0. The monoisotopic (exact) mass is 336 g/mol. The largest absolute Gasteiger partial charge is 0.385 e. The first-order chi connectivity index (χ1) is 11.4. The Labute approximate surface area is 153 Å². The second kappa shape index (κ2) is 5.20. The lowest BCUT2D eigenvalue weighted by molar-refractivity contribution is -0.0729. The van der Waals surface area contributed by atoms with Gasteiger partial charge in [0.2, 0.25) is 0 Å². The second-order valence-corrected chi connectivity index (χ2v) is 9.47. The zero-order chi connectivity index (χ0) is 18.8. The lowest BCUT2D eigenvalue weighted by Crippen LogP contribution is -2.44. The van der Waals surface area contributed by atoms with Crippen LogP contribution in [0.1, 0.15) is 76.3 Å². The van der Waals surface area contributed by atoms with Gasteiger partial charge in [-0.3, -0.25) is 0 Å². The highest BCUT2D eigenvalue weighted by Gasteiger charge is 2.59. The maximum atomic E-state index is 11.3. The maximum absolute atomic E-state index is 11.3. The van der Waals surface area contributed by atoms with Crippen LogP contribution in [0.2, 0.25) is 0 Å². The van der Waals surface area contributed by atoms with Gasteiger partial charge >= 0.3 is 0 Å². The fraction of sp³-hybridized carbons (Fsp3) is 0.500. The van der Waals surface area contributed by atoms with E-state index in [2.05, 4.69) is 90.9 Å². The smallest absolute Gasteiger partial charge is 0.0930 e. The van der Waals surface area contributed by atoms with Gasteiger partial charge in [0, 0.05) is 10.8 Å². The van der Waals surface area contributed by atoms with Crippen LogP contribution in [0.3, 0.4) is 0 Å². The average Bonchev–Trinajstić information content (AvgIpc) is 2.64. The molecule has 1 N–H and O–H groups in total. The molecule has 0 fully saturated rings. The second-order valence-electron chi connectivity index (χ2n) is 9.47. The van der Waals surface area contributed by atoms with Gasteiger partial charge in [-0.05, 0) is 47.1 Å². The summed E-state index contributed by atoms with van der Waals surface area (Å²) in [7, 11) is 0. The number of aliphatic hydroxyl groups is 1. The minimum absolute atomic E-state index is 0.0744.